The predicted octanol–water partition coefficient (Wildman–Crippen LogP) is 3.81. The molecule has 0 fully saturated rings. The molecule has 0 atom stereocenters. The standard InChI is InChI=1S/C23H29N5O2/c1-23(2,3)19-14-26-21(30-19)15-28-22(24-4)27-13-18-10-11-25-20(12-18)29-16-17-8-6-5-7-9-17/h5-12,14H,13,15-16H2,1-4H3,(H2,24,27,28). The highest BCUT2D eigenvalue weighted by molar-refractivity contribution is 5.79. The molecule has 30 heavy (non-hydrogen) atoms. The summed E-state index contributed by atoms with van der Waals surface area (Å²) in [5, 5.41) is 6.50. The first-order chi connectivity index (χ1) is 14.4. The first-order valence-corrected chi connectivity index (χ1v) is 9.95. The van der Waals surface area contributed by atoms with E-state index < -0.39 is 0 Å². The molecule has 0 spiro atoms. The van der Waals surface area contributed by atoms with E-state index in [0.29, 0.717) is 37.4 Å². The number of hydrogen-bond acceptors (Lipinski definition) is 5. The summed E-state index contributed by atoms with van der Waals surface area (Å²) in [6, 6.07) is 13.9. The van der Waals surface area contributed by atoms with Crippen LogP contribution in [0.2, 0.25) is 0 Å². The highest BCUT2D eigenvalue weighted by atomic mass is 16.5. The number of hydrogen-bond donors (Lipinski definition) is 2. The van der Waals surface area contributed by atoms with Crippen LogP contribution in [0.1, 0.15) is 43.5 Å². The van der Waals surface area contributed by atoms with E-state index in [9.17, 15) is 0 Å². The van der Waals surface area contributed by atoms with E-state index in [2.05, 4.69) is 46.4 Å². The van der Waals surface area contributed by atoms with Gasteiger partial charge in [0.25, 0.3) is 0 Å². The third-order valence-electron chi connectivity index (χ3n) is 4.41. The van der Waals surface area contributed by atoms with Crippen LogP contribution in [0.25, 0.3) is 0 Å². The quantitative estimate of drug-likeness (QED) is 0.458. The molecule has 3 rings (SSSR count). The highest BCUT2D eigenvalue weighted by Crippen LogP contribution is 2.22. The number of aromatic nitrogens is 2. The third-order valence-corrected chi connectivity index (χ3v) is 4.41. The Morgan fingerprint density at radius 3 is 2.50 bits per heavy atom. The molecule has 0 unspecified atom stereocenters. The summed E-state index contributed by atoms with van der Waals surface area (Å²) in [6.45, 7) is 7.81. The maximum absolute atomic E-state index is 5.80. The van der Waals surface area contributed by atoms with Crippen molar-refractivity contribution in [1.29, 1.82) is 0 Å². The molecule has 0 aliphatic carbocycles. The number of pyridine rings is 1. The number of nitrogens with one attached hydrogen (secondary N) is 2. The number of oxazole rings is 1. The van der Waals surface area contributed by atoms with Crippen molar-refractivity contribution in [3.05, 3.63) is 77.6 Å². The fraction of sp³-hybridized carbons (Fsp3) is 0.348. The normalized spacial score (nSPS) is 11.9. The summed E-state index contributed by atoms with van der Waals surface area (Å²) in [5.74, 6) is 2.75. The molecule has 0 saturated heterocycles. The third kappa shape index (κ3) is 6.34. The molecule has 7 nitrogen and oxygen atoms in total. The predicted molar refractivity (Wildman–Crippen MR) is 117 cm³/mol. The fourth-order valence-corrected chi connectivity index (χ4v) is 2.68. The number of nitrogens with zero attached hydrogens (tertiary/aromatic N) is 3. The van der Waals surface area contributed by atoms with Gasteiger partial charge in [0, 0.05) is 31.3 Å². The van der Waals surface area contributed by atoms with Gasteiger partial charge in [-0.3, -0.25) is 4.99 Å². The molecule has 158 valence electrons. The van der Waals surface area contributed by atoms with Crippen molar-refractivity contribution in [3.63, 3.8) is 0 Å². The van der Waals surface area contributed by atoms with Crippen molar-refractivity contribution in [1.82, 2.24) is 20.6 Å². The first kappa shape index (κ1) is 21.4. The summed E-state index contributed by atoms with van der Waals surface area (Å²) in [6.07, 6.45) is 3.52. The SMILES string of the molecule is CN=C(NCc1ccnc(OCc2ccccc2)c1)NCc1ncc(C(C)(C)C)o1. The average molecular weight is 408 g/mol. The lowest BCUT2D eigenvalue weighted by Gasteiger charge is -2.13. The summed E-state index contributed by atoms with van der Waals surface area (Å²) in [4.78, 5) is 12.9. The second kappa shape index (κ2) is 9.91. The minimum absolute atomic E-state index is 0.0627. The van der Waals surface area contributed by atoms with E-state index in [1.165, 1.54) is 0 Å². The number of aliphatic imine (C=N–C) groups is 1. The van der Waals surface area contributed by atoms with E-state index in [1.807, 2.05) is 42.5 Å². The van der Waals surface area contributed by atoms with Crippen LogP contribution >= 0.6 is 0 Å². The Hall–Kier alpha value is -3.35. The van der Waals surface area contributed by atoms with Crippen molar-refractivity contribution in [2.45, 2.75) is 45.9 Å². The summed E-state index contributed by atoms with van der Waals surface area (Å²) < 4.78 is 11.6. The van der Waals surface area contributed by atoms with Gasteiger partial charge < -0.3 is 19.8 Å². The van der Waals surface area contributed by atoms with Crippen molar-refractivity contribution in [2.24, 2.45) is 4.99 Å². The number of benzene rings is 1. The molecular weight excluding hydrogens is 378 g/mol. The Morgan fingerprint density at radius 2 is 1.80 bits per heavy atom. The second-order valence-corrected chi connectivity index (χ2v) is 7.92. The molecule has 0 bridgehead atoms. The average Bonchev–Trinajstić information content (AvgIpc) is 3.23. The number of guanidine groups is 1. The zero-order valence-electron chi connectivity index (χ0n) is 18.0. The van der Waals surface area contributed by atoms with Crippen LogP contribution in [0.15, 0.2) is 64.3 Å². The van der Waals surface area contributed by atoms with Gasteiger partial charge in [-0.15, -0.1) is 0 Å². The molecule has 3 aromatic rings. The first-order valence-electron chi connectivity index (χ1n) is 9.95. The van der Waals surface area contributed by atoms with Gasteiger partial charge >= 0.3 is 0 Å². The van der Waals surface area contributed by atoms with Crippen LogP contribution < -0.4 is 15.4 Å². The minimum atomic E-state index is -0.0627. The number of ether oxygens (including phenoxy) is 1. The lowest BCUT2D eigenvalue weighted by molar-refractivity contribution is 0.293. The molecule has 7 heteroatoms. The Morgan fingerprint density at radius 1 is 1.03 bits per heavy atom. The van der Waals surface area contributed by atoms with Crippen molar-refractivity contribution in [2.75, 3.05) is 7.05 Å². The van der Waals surface area contributed by atoms with Crippen LogP contribution in [0.4, 0.5) is 0 Å². The molecule has 2 aromatic heterocycles. The highest BCUT2D eigenvalue weighted by Gasteiger charge is 2.19. The Kier molecular flexibility index (Phi) is 7.06. The summed E-state index contributed by atoms with van der Waals surface area (Å²) in [7, 11) is 1.73. The molecule has 2 N–H and O–H groups in total. The van der Waals surface area contributed by atoms with Gasteiger partial charge in [-0.05, 0) is 17.2 Å². The zero-order chi connectivity index (χ0) is 21.4. The molecule has 0 saturated carbocycles. The minimum Gasteiger partial charge on any atom is -0.473 e. The molecule has 1 aromatic carbocycles. The van der Waals surface area contributed by atoms with E-state index in [-0.39, 0.29) is 5.41 Å². The van der Waals surface area contributed by atoms with Crippen molar-refractivity contribution < 1.29 is 9.15 Å². The van der Waals surface area contributed by atoms with Crippen molar-refractivity contribution >= 4 is 5.96 Å². The fourth-order valence-electron chi connectivity index (χ4n) is 2.68. The van der Waals surface area contributed by atoms with Gasteiger partial charge in [-0.1, -0.05) is 51.1 Å². The second-order valence-electron chi connectivity index (χ2n) is 7.92. The smallest absolute Gasteiger partial charge is 0.213 e. The van der Waals surface area contributed by atoms with Gasteiger partial charge in [-0.25, -0.2) is 9.97 Å². The molecule has 0 radical (unpaired) electrons. The van der Waals surface area contributed by atoms with Crippen LogP contribution in [-0.2, 0) is 25.1 Å². The lowest BCUT2D eigenvalue weighted by atomic mass is 9.94. The van der Waals surface area contributed by atoms with Gasteiger partial charge in [0.05, 0.1) is 12.7 Å². The van der Waals surface area contributed by atoms with Crippen LogP contribution in [0, 0.1) is 0 Å². The maximum atomic E-state index is 5.80. The molecule has 0 amide bonds. The van der Waals surface area contributed by atoms with Crippen LogP contribution in [0.3, 0.4) is 0 Å². The van der Waals surface area contributed by atoms with E-state index in [4.69, 9.17) is 9.15 Å². The van der Waals surface area contributed by atoms with E-state index in [0.717, 1.165) is 16.9 Å². The Bertz CT molecular complexity index is 961. The van der Waals surface area contributed by atoms with Gasteiger partial charge in [-0.2, -0.15) is 0 Å². The largest absolute Gasteiger partial charge is 0.473 e. The van der Waals surface area contributed by atoms with Gasteiger partial charge in [0.2, 0.25) is 11.8 Å². The molecule has 2 heterocycles. The van der Waals surface area contributed by atoms with Crippen LogP contribution in [-0.4, -0.2) is 23.0 Å². The Labute approximate surface area is 177 Å². The summed E-state index contributed by atoms with van der Waals surface area (Å²) in [5.41, 5.74) is 2.09. The summed E-state index contributed by atoms with van der Waals surface area (Å²) >= 11 is 0. The number of rotatable bonds is 7. The van der Waals surface area contributed by atoms with Gasteiger partial charge in [0.1, 0.15) is 12.4 Å². The lowest BCUT2D eigenvalue weighted by Crippen LogP contribution is -2.36. The Balaban J connectivity index is 1.49. The topological polar surface area (TPSA) is 84.6 Å². The molecule has 0 aliphatic rings. The maximum Gasteiger partial charge on any atom is 0.213 e. The van der Waals surface area contributed by atoms with Crippen LogP contribution in [0.5, 0.6) is 5.88 Å². The van der Waals surface area contributed by atoms with Gasteiger partial charge in [0.15, 0.2) is 5.96 Å². The zero-order valence-corrected chi connectivity index (χ0v) is 18.0. The van der Waals surface area contributed by atoms with E-state index >= 15 is 0 Å². The molecule has 0 aliphatic heterocycles. The van der Waals surface area contributed by atoms with Crippen molar-refractivity contribution in [3.8, 4) is 5.88 Å². The molecular formula is C23H29N5O2. The monoisotopic (exact) mass is 407 g/mol. The van der Waals surface area contributed by atoms with E-state index in [1.54, 1.807) is 19.4 Å².